The Kier molecular flexibility index (Phi) is 2.95. The Morgan fingerprint density at radius 1 is 1.36 bits per heavy atom. The van der Waals surface area contributed by atoms with Gasteiger partial charge in [-0.2, -0.15) is 13.2 Å². The number of nitrogens with one attached hydrogen (secondary N) is 1. The van der Waals surface area contributed by atoms with Crippen molar-refractivity contribution < 1.29 is 13.2 Å². The topological polar surface area (TPSA) is 38.0 Å². The van der Waals surface area contributed by atoms with Gasteiger partial charge in [0.05, 0.1) is 11.1 Å². The van der Waals surface area contributed by atoms with E-state index in [-0.39, 0.29) is 11.4 Å². The van der Waals surface area contributed by atoms with Gasteiger partial charge in [0.1, 0.15) is 0 Å². The van der Waals surface area contributed by atoms with Crippen LogP contribution in [0.15, 0.2) is 18.2 Å². The van der Waals surface area contributed by atoms with Crippen LogP contribution in [0.25, 0.3) is 0 Å². The van der Waals surface area contributed by atoms with Crippen LogP contribution in [-0.4, -0.2) is 5.49 Å². The van der Waals surface area contributed by atoms with E-state index in [2.05, 4.69) is 17.5 Å². The van der Waals surface area contributed by atoms with Gasteiger partial charge in [0, 0.05) is 11.4 Å². The smallest absolute Gasteiger partial charge is 0.398 e. The van der Waals surface area contributed by atoms with E-state index in [4.69, 9.17) is 5.73 Å². The summed E-state index contributed by atoms with van der Waals surface area (Å²) in [4.78, 5) is 0. The zero-order valence-electron chi connectivity index (χ0n) is 6.93. The van der Waals surface area contributed by atoms with Gasteiger partial charge in [-0.25, -0.2) is 0 Å². The molecule has 0 amide bonds. The molecule has 0 fully saturated rings. The number of thiocarbonyl (C=S) groups is 1. The van der Waals surface area contributed by atoms with E-state index < -0.39 is 11.7 Å². The Bertz CT molecular complexity index is 349. The number of benzene rings is 1. The summed E-state index contributed by atoms with van der Waals surface area (Å²) in [6, 6.07) is 3.52. The lowest BCUT2D eigenvalue weighted by molar-refractivity contribution is -0.136. The van der Waals surface area contributed by atoms with Crippen LogP contribution < -0.4 is 11.1 Å². The van der Waals surface area contributed by atoms with Crippen LogP contribution >= 0.6 is 12.2 Å². The second-order valence-corrected chi connectivity index (χ2v) is 2.80. The number of nitrogen functional groups attached to an aromatic ring is 1. The third-order valence-corrected chi connectivity index (χ3v) is 1.70. The molecule has 0 heterocycles. The predicted molar refractivity (Wildman–Crippen MR) is 53.1 cm³/mol. The lowest BCUT2D eigenvalue weighted by Crippen LogP contribution is -2.09. The molecule has 6 heteroatoms. The SMILES string of the molecule is Nc1ccc(NC=S)cc1C(F)(F)F. The summed E-state index contributed by atoms with van der Waals surface area (Å²) in [5.74, 6) is 0. The molecule has 0 saturated carbocycles. The average Bonchev–Trinajstić information content (AvgIpc) is 2.07. The molecule has 76 valence electrons. The van der Waals surface area contributed by atoms with E-state index in [1.165, 1.54) is 12.1 Å². The first-order chi connectivity index (χ1) is 6.45. The van der Waals surface area contributed by atoms with Crippen LogP contribution in [0.5, 0.6) is 0 Å². The number of hydrogen-bond acceptors (Lipinski definition) is 2. The molecule has 0 unspecified atom stereocenters. The molecular weight excluding hydrogens is 213 g/mol. The minimum Gasteiger partial charge on any atom is -0.398 e. The minimum atomic E-state index is -4.44. The standard InChI is InChI=1S/C8H7F3N2S/c9-8(10,11)6-3-5(13-4-14)1-2-7(6)12/h1-4H,12H2,(H,13,14). The molecule has 1 rings (SSSR count). The Morgan fingerprint density at radius 3 is 2.50 bits per heavy atom. The summed E-state index contributed by atoms with van der Waals surface area (Å²) in [6.07, 6.45) is -4.44. The second kappa shape index (κ2) is 3.83. The van der Waals surface area contributed by atoms with Crippen molar-refractivity contribution in [3.63, 3.8) is 0 Å². The molecule has 0 bridgehead atoms. The molecule has 0 spiro atoms. The fourth-order valence-corrected chi connectivity index (χ4v) is 1.10. The molecule has 0 aliphatic rings. The fraction of sp³-hybridized carbons (Fsp3) is 0.125. The van der Waals surface area contributed by atoms with Crippen LogP contribution in [0.2, 0.25) is 0 Å². The van der Waals surface area contributed by atoms with Crippen LogP contribution in [0.3, 0.4) is 0 Å². The monoisotopic (exact) mass is 220 g/mol. The van der Waals surface area contributed by atoms with E-state index in [0.717, 1.165) is 11.6 Å². The highest BCUT2D eigenvalue weighted by molar-refractivity contribution is 7.79. The van der Waals surface area contributed by atoms with E-state index in [1.807, 2.05) is 0 Å². The molecule has 0 aliphatic heterocycles. The van der Waals surface area contributed by atoms with Crippen LogP contribution in [0.4, 0.5) is 24.5 Å². The van der Waals surface area contributed by atoms with Crippen LogP contribution in [0.1, 0.15) is 5.56 Å². The van der Waals surface area contributed by atoms with Crippen molar-refractivity contribution >= 4 is 29.1 Å². The third kappa shape index (κ3) is 2.35. The van der Waals surface area contributed by atoms with Gasteiger partial charge in [-0.05, 0) is 18.2 Å². The van der Waals surface area contributed by atoms with Gasteiger partial charge in [0.2, 0.25) is 0 Å². The molecule has 1 aromatic rings. The third-order valence-electron chi connectivity index (χ3n) is 1.58. The molecule has 3 N–H and O–H groups in total. The fourth-order valence-electron chi connectivity index (χ4n) is 0.960. The Balaban J connectivity index is 3.15. The molecule has 0 atom stereocenters. The van der Waals surface area contributed by atoms with E-state index in [0.29, 0.717) is 0 Å². The van der Waals surface area contributed by atoms with Crippen molar-refractivity contribution in [3.05, 3.63) is 23.8 Å². The maximum Gasteiger partial charge on any atom is 0.418 e. The number of nitrogens with two attached hydrogens (primary N) is 1. The summed E-state index contributed by atoms with van der Waals surface area (Å²) >= 11 is 4.45. The van der Waals surface area contributed by atoms with Gasteiger partial charge < -0.3 is 11.1 Å². The molecule has 2 nitrogen and oxygen atoms in total. The largest absolute Gasteiger partial charge is 0.418 e. The first kappa shape index (κ1) is 10.8. The Morgan fingerprint density at radius 2 is 2.00 bits per heavy atom. The van der Waals surface area contributed by atoms with Gasteiger partial charge in [0.25, 0.3) is 0 Å². The molecule has 0 aliphatic carbocycles. The van der Waals surface area contributed by atoms with E-state index in [1.54, 1.807) is 0 Å². The first-order valence-corrected chi connectivity index (χ1v) is 4.09. The molecular formula is C8H7F3N2S. The number of rotatable bonds is 2. The number of halogens is 3. The van der Waals surface area contributed by atoms with Crippen molar-refractivity contribution in [1.29, 1.82) is 0 Å². The lowest BCUT2D eigenvalue weighted by Gasteiger charge is -2.11. The predicted octanol–water partition coefficient (Wildman–Crippen LogP) is 2.66. The van der Waals surface area contributed by atoms with Crippen molar-refractivity contribution in [2.24, 2.45) is 0 Å². The van der Waals surface area contributed by atoms with Crippen molar-refractivity contribution in [2.75, 3.05) is 11.1 Å². The summed E-state index contributed by atoms with van der Waals surface area (Å²) in [5.41, 5.74) is 5.42. The van der Waals surface area contributed by atoms with Gasteiger partial charge >= 0.3 is 6.18 Å². The summed E-state index contributed by atoms with van der Waals surface area (Å²) in [6.45, 7) is 0. The summed E-state index contributed by atoms with van der Waals surface area (Å²) < 4.78 is 37.0. The number of anilines is 2. The first-order valence-electron chi connectivity index (χ1n) is 3.62. The second-order valence-electron chi connectivity index (χ2n) is 2.56. The Labute approximate surface area is 83.9 Å². The maximum atomic E-state index is 12.3. The van der Waals surface area contributed by atoms with Crippen LogP contribution in [-0.2, 0) is 6.18 Å². The van der Waals surface area contributed by atoms with Crippen molar-refractivity contribution in [2.45, 2.75) is 6.18 Å². The molecule has 0 radical (unpaired) electrons. The molecule has 1 aromatic carbocycles. The zero-order valence-corrected chi connectivity index (χ0v) is 7.75. The van der Waals surface area contributed by atoms with Crippen LogP contribution in [0, 0.1) is 0 Å². The molecule has 0 saturated heterocycles. The highest BCUT2D eigenvalue weighted by atomic mass is 32.1. The molecule has 14 heavy (non-hydrogen) atoms. The van der Waals surface area contributed by atoms with Gasteiger partial charge in [-0.15, -0.1) is 0 Å². The maximum absolute atomic E-state index is 12.3. The highest BCUT2D eigenvalue weighted by Crippen LogP contribution is 2.34. The van der Waals surface area contributed by atoms with Crippen molar-refractivity contribution in [3.8, 4) is 0 Å². The van der Waals surface area contributed by atoms with E-state index >= 15 is 0 Å². The van der Waals surface area contributed by atoms with Gasteiger partial charge in [0.15, 0.2) is 0 Å². The normalized spacial score (nSPS) is 11.1. The highest BCUT2D eigenvalue weighted by Gasteiger charge is 2.32. The lowest BCUT2D eigenvalue weighted by atomic mass is 10.1. The summed E-state index contributed by atoms with van der Waals surface area (Å²) in [5, 5.41) is 2.48. The number of hydrogen-bond donors (Lipinski definition) is 2. The van der Waals surface area contributed by atoms with Gasteiger partial charge in [-0.3, -0.25) is 0 Å². The average molecular weight is 220 g/mol. The van der Waals surface area contributed by atoms with Gasteiger partial charge in [-0.1, -0.05) is 12.2 Å². The van der Waals surface area contributed by atoms with E-state index in [9.17, 15) is 13.2 Å². The molecule has 0 aromatic heterocycles. The number of alkyl halides is 3. The summed E-state index contributed by atoms with van der Waals surface area (Å²) in [7, 11) is 0. The van der Waals surface area contributed by atoms with Crippen molar-refractivity contribution in [1.82, 2.24) is 0 Å². The zero-order chi connectivity index (χ0) is 10.8. The quantitative estimate of drug-likeness (QED) is 0.594. The minimum absolute atomic E-state index is 0.265. The Hall–Kier alpha value is -1.30.